The molecule has 0 atom stereocenters. The molecule has 3 aromatic rings. The van der Waals surface area contributed by atoms with E-state index in [1.54, 1.807) is 24.3 Å². The van der Waals surface area contributed by atoms with Crippen LogP contribution in [-0.4, -0.2) is 37.4 Å². The largest absolute Gasteiger partial charge is 0.457 e. The zero-order valence-electron chi connectivity index (χ0n) is 17.8. The molecule has 0 unspecified atom stereocenters. The maximum atomic E-state index is 12.3. The van der Waals surface area contributed by atoms with E-state index in [-0.39, 0.29) is 18.4 Å². The predicted octanol–water partition coefficient (Wildman–Crippen LogP) is 3.59. The number of para-hydroxylation sites is 1. The van der Waals surface area contributed by atoms with Gasteiger partial charge in [0.25, 0.3) is 5.91 Å². The van der Waals surface area contributed by atoms with Crippen LogP contribution in [0.15, 0.2) is 78.9 Å². The third-order valence-corrected chi connectivity index (χ3v) is 4.52. The monoisotopic (exact) mass is 417 g/mol. The quantitative estimate of drug-likeness (QED) is 0.558. The van der Waals surface area contributed by atoms with Gasteiger partial charge in [-0.3, -0.25) is 9.59 Å². The van der Waals surface area contributed by atoms with Gasteiger partial charge in [-0.2, -0.15) is 0 Å². The van der Waals surface area contributed by atoms with Gasteiger partial charge >= 0.3 is 0 Å². The number of benzene rings is 3. The maximum absolute atomic E-state index is 12.3. The minimum absolute atomic E-state index is 0.0835. The molecule has 0 aromatic heterocycles. The molecule has 31 heavy (non-hydrogen) atoms. The van der Waals surface area contributed by atoms with E-state index in [4.69, 9.17) is 4.74 Å². The summed E-state index contributed by atoms with van der Waals surface area (Å²) in [5.74, 6) is 0.810. The molecular weight excluding hydrogens is 390 g/mol. The number of rotatable bonds is 9. The zero-order valence-corrected chi connectivity index (χ0v) is 17.8. The highest BCUT2D eigenvalue weighted by Crippen LogP contribution is 2.21. The fourth-order valence-electron chi connectivity index (χ4n) is 2.95. The van der Waals surface area contributed by atoms with Crippen molar-refractivity contribution in [2.24, 2.45) is 0 Å². The molecule has 0 aliphatic rings. The van der Waals surface area contributed by atoms with Crippen molar-refractivity contribution >= 4 is 11.8 Å². The molecule has 3 aromatic carbocycles. The number of ether oxygens (including phenoxy) is 1. The van der Waals surface area contributed by atoms with Gasteiger partial charge in [-0.15, -0.1) is 0 Å². The normalized spacial score (nSPS) is 10.5. The minimum Gasteiger partial charge on any atom is -0.457 e. The first-order valence-electron chi connectivity index (χ1n) is 10.1. The van der Waals surface area contributed by atoms with Crippen LogP contribution < -0.4 is 15.4 Å². The Kier molecular flexibility index (Phi) is 7.79. The van der Waals surface area contributed by atoms with Crippen molar-refractivity contribution in [1.29, 1.82) is 0 Å². The summed E-state index contributed by atoms with van der Waals surface area (Å²) in [6, 6.07) is 24.3. The van der Waals surface area contributed by atoms with E-state index in [2.05, 4.69) is 27.7 Å². The molecule has 0 saturated carbocycles. The number of carbonyl (C=O) groups is 2. The average molecular weight is 418 g/mol. The summed E-state index contributed by atoms with van der Waals surface area (Å²) in [5, 5.41) is 5.46. The summed E-state index contributed by atoms with van der Waals surface area (Å²) >= 11 is 0. The summed E-state index contributed by atoms with van der Waals surface area (Å²) in [4.78, 5) is 26.5. The number of nitrogens with one attached hydrogen (secondary N) is 2. The third kappa shape index (κ3) is 7.28. The summed E-state index contributed by atoms with van der Waals surface area (Å²) < 4.78 is 5.71. The van der Waals surface area contributed by atoms with Crippen LogP contribution in [0.3, 0.4) is 0 Å². The first kappa shape index (κ1) is 22.1. The third-order valence-electron chi connectivity index (χ3n) is 4.52. The number of amides is 2. The molecule has 2 N–H and O–H groups in total. The van der Waals surface area contributed by atoms with Crippen molar-refractivity contribution < 1.29 is 14.3 Å². The average Bonchev–Trinajstić information content (AvgIpc) is 2.78. The lowest BCUT2D eigenvalue weighted by Crippen LogP contribution is -2.36. The number of carbonyl (C=O) groups excluding carboxylic acids is 2. The van der Waals surface area contributed by atoms with Crippen LogP contribution in [0, 0.1) is 0 Å². The fraction of sp³-hybridized carbons (Fsp3) is 0.200. The molecule has 0 saturated heterocycles. The van der Waals surface area contributed by atoms with Gasteiger partial charge in [-0.25, -0.2) is 0 Å². The van der Waals surface area contributed by atoms with Crippen LogP contribution in [0.4, 0.5) is 0 Å². The second-order valence-corrected chi connectivity index (χ2v) is 7.45. The molecule has 0 bridgehead atoms. The molecule has 6 nitrogen and oxygen atoms in total. The van der Waals surface area contributed by atoms with E-state index < -0.39 is 0 Å². The molecule has 0 spiro atoms. The molecule has 0 fully saturated rings. The van der Waals surface area contributed by atoms with Crippen LogP contribution in [0.2, 0.25) is 0 Å². The first-order valence-corrected chi connectivity index (χ1v) is 10.1. The number of hydrogen-bond acceptors (Lipinski definition) is 4. The van der Waals surface area contributed by atoms with Crippen molar-refractivity contribution in [3.05, 3.63) is 95.6 Å². The maximum Gasteiger partial charge on any atom is 0.251 e. The van der Waals surface area contributed by atoms with E-state index >= 15 is 0 Å². The molecule has 0 aliphatic carbocycles. The van der Waals surface area contributed by atoms with E-state index in [0.717, 1.165) is 17.9 Å². The Hall–Kier alpha value is -3.64. The van der Waals surface area contributed by atoms with E-state index in [1.165, 1.54) is 5.56 Å². The van der Waals surface area contributed by atoms with Gasteiger partial charge in [-0.05, 0) is 61.6 Å². The Bertz CT molecular complexity index is 985. The van der Waals surface area contributed by atoms with Crippen LogP contribution in [0.5, 0.6) is 11.5 Å². The number of hydrogen-bond donors (Lipinski definition) is 2. The number of nitrogens with zero attached hydrogens (tertiary/aromatic N) is 1. The van der Waals surface area contributed by atoms with Gasteiger partial charge in [0.15, 0.2) is 0 Å². The zero-order chi connectivity index (χ0) is 22.1. The molecule has 3 rings (SSSR count). The van der Waals surface area contributed by atoms with Crippen LogP contribution in [0.1, 0.15) is 21.5 Å². The highest BCUT2D eigenvalue weighted by Gasteiger charge is 2.09. The van der Waals surface area contributed by atoms with Crippen molar-refractivity contribution in [2.45, 2.75) is 13.1 Å². The van der Waals surface area contributed by atoms with Crippen LogP contribution in [0.25, 0.3) is 0 Å². The van der Waals surface area contributed by atoms with Gasteiger partial charge in [0.1, 0.15) is 11.5 Å². The molecule has 2 amide bonds. The Morgan fingerprint density at radius 1 is 0.774 bits per heavy atom. The van der Waals surface area contributed by atoms with Gasteiger partial charge in [-0.1, -0.05) is 42.5 Å². The van der Waals surface area contributed by atoms with E-state index in [1.807, 2.05) is 56.6 Å². The lowest BCUT2D eigenvalue weighted by molar-refractivity contribution is -0.120. The van der Waals surface area contributed by atoms with Crippen molar-refractivity contribution in [3.8, 4) is 11.5 Å². The fourth-order valence-corrected chi connectivity index (χ4v) is 2.95. The molecule has 6 heteroatoms. The van der Waals surface area contributed by atoms with Crippen LogP contribution in [-0.2, 0) is 17.9 Å². The second-order valence-electron chi connectivity index (χ2n) is 7.45. The summed E-state index contributed by atoms with van der Waals surface area (Å²) in [6.07, 6.45) is 0. The SMILES string of the molecule is CN(C)Cc1ccc(CNC(=O)CNC(=O)c2ccc(Oc3ccccc3)cc2)cc1. The highest BCUT2D eigenvalue weighted by molar-refractivity contribution is 5.96. The van der Waals surface area contributed by atoms with Crippen molar-refractivity contribution in [1.82, 2.24) is 15.5 Å². The lowest BCUT2D eigenvalue weighted by atomic mass is 10.1. The molecule has 0 aliphatic heterocycles. The Balaban J connectivity index is 1.42. The van der Waals surface area contributed by atoms with Crippen molar-refractivity contribution in [3.63, 3.8) is 0 Å². The summed E-state index contributed by atoms with van der Waals surface area (Å²) in [7, 11) is 4.05. The molecule has 0 heterocycles. The van der Waals surface area contributed by atoms with Gasteiger partial charge in [0.2, 0.25) is 5.91 Å². The molecule has 160 valence electrons. The van der Waals surface area contributed by atoms with Gasteiger partial charge < -0.3 is 20.3 Å². The van der Waals surface area contributed by atoms with E-state index in [9.17, 15) is 9.59 Å². The predicted molar refractivity (Wildman–Crippen MR) is 121 cm³/mol. The summed E-state index contributed by atoms with van der Waals surface area (Å²) in [6.45, 7) is 1.21. The van der Waals surface area contributed by atoms with Crippen molar-refractivity contribution in [2.75, 3.05) is 20.6 Å². The van der Waals surface area contributed by atoms with Gasteiger partial charge in [0.05, 0.1) is 6.54 Å². The Morgan fingerprint density at radius 2 is 1.39 bits per heavy atom. The highest BCUT2D eigenvalue weighted by atomic mass is 16.5. The second kappa shape index (κ2) is 10.9. The van der Waals surface area contributed by atoms with Crippen LogP contribution >= 0.6 is 0 Å². The Labute approximate surface area is 182 Å². The Morgan fingerprint density at radius 3 is 2.03 bits per heavy atom. The smallest absolute Gasteiger partial charge is 0.251 e. The topological polar surface area (TPSA) is 70.7 Å². The van der Waals surface area contributed by atoms with Gasteiger partial charge in [0, 0.05) is 18.7 Å². The standard InChI is InChI=1S/C25H27N3O3/c1-28(2)18-20-10-8-19(9-11-20)16-26-24(29)17-27-25(30)21-12-14-23(15-13-21)31-22-6-4-3-5-7-22/h3-15H,16-18H2,1-2H3,(H,26,29)(H,27,30). The minimum atomic E-state index is -0.311. The summed E-state index contributed by atoms with van der Waals surface area (Å²) in [5.41, 5.74) is 2.69. The molecule has 0 radical (unpaired) electrons. The molecular formula is C25H27N3O3. The first-order chi connectivity index (χ1) is 15.0. The lowest BCUT2D eigenvalue weighted by Gasteiger charge is -2.11. The van der Waals surface area contributed by atoms with E-state index in [0.29, 0.717) is 17.9 Å².